The Morgan fingerprint density at radius 3 is 2.23 bits per heavy atom. The molecule has 0 fully saturated rings. The second-order valence-corrected chi connectivity index (χ2v) is 6.25. The Morgan fingerprint density at radius 1 is 1.12 bits per heavy atom. The number of carboxylic acids is 1. The summed E-state index contributed by atoms with van der Waals surface area (Å²) in [7, 11) is 0. The molecule has 0 radical (unpaired) electrons. The van der Waals surface area contributed by atoms with Crippen molar-refractivity contribution < 1.29 is 24.6 Å². The number of aliphatic carboxylic acids is 1. The van der Waals surface area contributed by atoms with Crippen molar-refractivity contribution in [3.05, 3.63) is 35.9 Å². The van der Waals surface area contributed by atoms with E-state index in [1.54, 1.807) is 31.2 Å². The summed E-state index contributed by atoms with van der Waals surface area (Å²) >= 11 is 0. The van der Waals surface area contributed by atoms with Crippen molar-refractivity contribution in [2.45, 2.75) is 44.8 Å². The molecule has 1 rings (SSSR count). The molecule has 26 heavy (non-hydrogen) atoms. The lowest BCUT2D eigenvalue weighted by Gasteiger charge is -2.25. The number of nitrogens with two attached hydrogens (primary N) is 1. The van der Waals surface area contributed by atoms with Crippen LogP contribution in [0.3, 0.4) is 0 Å². The van der Waals surface area contributed by atoms with Crippen LogP contribution in [0, 0.1) is 5.92 Å². The van der Waals surface area contributed by atoms with Crippen molar-refractivity contribution in [3.8, 4) is 0 Å². The van der Waals surface area contributed by atoms with Gasteiger partial charge in [0.25, 0.3) is 0 Å². The molecule has 1 aromatic rings. The van der Waals surface area contributed by atoms with Gasteiger partial charge in [-0.2, -0.15) is 0 Å². The van der Waals surface area contributed by atoms with Gasteiger partial charge < -0.3 is 26.6 Å². The Kier molecular flexibility index (Phi) is 8.74. The van der Waals surface area contributed by atoms with Crippen LogP contribution in [0.25, 0.3) is 0 Å². The number of rotatable bonds is 10. The summed E-state index contributed by atoms with van der Waals surface area (Å²) in [6.07, 6.45) is 0.742. The monoisotopic (exact) mass is 365 g/mol. The Morgan fingerprint density at radius 2 is 1.73 bits per heavy atom. The zero-order chi connectivity index (χ0) is 19.7. The van der Waals surface area contributed by atoms with Crippen molar-refractivity contribution in [1.82, 2.24) is 10.6 Å². The van der Waals surface area contributed by atoms with Crippen molar-refractivity contribution >= 4 is 17.8 Å². The van der Waals surface area contributed by atoms with E-state index in [1.165, 1.54) is 0 Å². The summed E-state index contributed by atoms with van der Waals surface area (Å²) in [4.78, 5) is 36.1. The summed E-state index contributed by atoms with van der Waals surface area (Å²) in [5.41, 5.74) is 6.28. The smallest absolute Gasteiger partial charge is 0.326 e. The highest BCUT2D eigenvalue weighted by molar-refractivity contribution is 5.92. The maximum Gasteiger partial charge on any atom is 0.326 e. The van der Waals surface area contributed by atoms with E-state index in [9.17, 15) is 19.5 Å². The first-order valence-corrected chi connectivity index (χ1v) is 8.54. The molecule has 144 valence electrons. The van der Waals surface area contributed by atoms with E-state index in [4.69, 9.17) is 10.8 Å². The molecule has 4 atom stereocenters. The maximum absolute atomic E-state index is 12.6. The average molecular weight is 365 g/mol. The van der Waals surface area contributed by atoms with Crippen LogP contribution in [0.2, 0.25) is 0 Å². The topological polar surface area (TPSA) is 142 Å². The van der Waals surface area contributed by atoms with Crippen LogP contribution in [0.15, 0.2) is 30.3 Å². The molecular formula is C18H27N3O5. The van der Waals surface area contributed by atoms with Crippen LogP contribution in [0.5, 0.6) is 0 Å². The van der Waals surface area contributed by atoms with E-state index in [0.717, 1.165) is 5.56 Å². The molecule has 1 aromatic carbocycles. The third-order valence-electron chi connectivity index (χ3n) is 4.23. The molecule has 0 saturated heterocycles. The molecule has 0 bridgehead atoms. The number of nitrogens with one attached hydrogen (secondary N) is 2. The van der Waals surface area contributed by atoms with Crippen LogP contribution in [0.1, 0.15) is 25.8 Å². The van der Waals surface area contributed by atoms with Gasteiger partial charge in [0.05, 0.1) is 6.61 Å². The van der Waals surface area contributed by atoms with E-state index in [-0.39, 0.29) is 12.3 Å². The van der Waals surface area contributed by atoms with Crippen molar-refractivity contribution in [2.24, 2.45) is 11.7 Å². The normalized spacial score (nSPS) is 15.4. The van der Waals surface area contributed by atoms with E-state index in [0.29, 0.717) is 6.42 Å². The number of amides is 2. The van der Waals surface area contributed by atoms with E-state index in [2.05, 4.69) is 10.6 Å². The molecule has 6 N–H and O–H groups in total. The van der Waals surface area contributed by atoms with Gasteiger partial charge in [0, 0.05) is 6.42 Å². The van der Waals surface area contributed by atoms with Crippen LogP contribution in [-0.2, 0) is 20.8 Å². The SMILES string of the molecule is CC[C@H](C)[C@H](NC(=O)[C@H](Cc1ccccc1)NC(=O)[C@@H](N)CO)C(=O)O. The zero-order valence-electron chi connectivity index (χ0n) is 15.0. The van der Waals surface area contributed by atoms with Crippen LogP contribution in [0.4, 0.5) is 0 Å². The predicted molar refractivity (Wildman–Crippen MR) is 96.2 cm³/mol. The highest BCUT2D eigenvalue weighted by atomic mass is 16.4. The third kappa shape index (κ3) is 6.45. The van der Waals surface area contributed by atoms with Crippen molar-refractivity contribution in [2.75, 3.05) is 6.61 Å². The van der Waals surface area contributed by atoms with Gasteiger partial charge in [-0.15, -0.1) is 0 Å². The first-order valence-electron chi connectivity index (χ1n) is 8.54. The first kappa shape index (κ1) is 21.6. The number of aliphatic hydroxyl groups is 1. The summed E-state index contributed by atoms with van der Waals surface area (Å²) in [6, 6.07) is 5.77. The number of hydrogen-bond acceptors (Lipinski definition) is 5. The fourth-order valence-corrected chi connectivity index (χ4v) is 2.36. The summed E-state index contributed by atoms with van der Waals surface area (Å²) in [5.74, 6) is -2.70. The quantitative estimate of drug-likeness (QED) is 0.384. The number of aliphatic hydroxyl groups excluding tert-OH is 1. The first-order chi connectivity index (χ1) is 12.3. The molecule has 0 heterocycles. The largest absolute Gasteiger partial charge is 0.480 e. The lowest BCUT2D eigenvalue weighted by Crippen LogP contribution is -2.56. The van der Waals surface area contributed by atoms with E-state index < -0.39 is 42.5 Å². The number of hydrogen-bond donors (Lipinski definition) is 5. The van der Waals surface area contributed by atoms with Gasteiger partial charge in [0.15, 0.2) is 0 Å². The highest BCUT2D eigenvalue weighted by Crippen LogP contribution is 2.10. The summed E-state index contributed by atoms with van der Waals surface area (Å²) in [6.45, 7) is 3.00. The van der Waals surface area contributed by atoms with Crippen molar-refractivity contribution in [3.63, 3.8) is 0 Å². The second kappa shape index (κ2) is 10.5. The molecule has 0 aliphatic carbocycles. The second-order valence-electron chi connectivity index (χ2n) is 6.25. The van der Waals surface area contributed by atoms with E-state index in [1.807, 2.05) is 13.0 Å². The van der Waals surface area contributed by atoms with E-state index >= 15 is 0 Å². The fraction of sp³-hybridized carbons (Fsp3) is 0.500. The number of carbonyl (C=O) groups excluding carboxylic acids is 2. The molecule has 2 amide bonds. The summed E-state index contributed by atoms with van der Waals surface area (Å²) < 4.78 is 0. The van der Waals surface area contributed by atoms with Gasteiger partial charge in [-0.3, -0.25) is 9.59 Å². The van der Waals surface area contributed by atoms with Crippen molar-refractivity contribution in [1.29, 1.82) is 0 Å². The molecular weight excluding hydrogens is 338 g/mol. The minimum atomic E-state index is -1.16. The van der Waals surface area contributed by atoms with Gasteiger partial charge in [-0.05, 0) is 11.5 Å². The average Bonchev–Trinajstić information content (AvgIpc) is 2.64. The molecule has 8 nitrogen and oxygen atoms in total. The Labute approximate surface area is 152 Å². The minimum absolute atomic E-state index is 0.170. The zero-order valence-corrected chi connectivity index (χ0v) is 15.0. The fourth-order valence-electron chi connectivity index (χ4n) is 2.36. The molecule has 0 aliphatic rings. The Bertz CT molecular complexity index is 608. The lowest BCUT2D eigenvalue weighted by atomic mass is 9.98. The maximum atomic E-state index is 12.6. The predicted octanol–water partition coefficient (Wildman–Crippen LogP) is -0.351. The van der Waals surface area contributed by atoms with Crippen LogP contribution >= 0.6 is 0 Å². The highest BCUT2D eigenvalue weighted by Gasteiger charge is 2.30. The Hall–Kier alpha value is -2.45. The molecule has 8 heteroatoms. The minimum Gasteiger partial charge on any atom is -0.480 e. The molecule has 0 saturated carbocycles. The molecule has 0 unspecified atom stereocenters. The standard InChI is InChI=1S/C18H27N3O5/c1-3-11(2)15(18(25)26)21-17(24)14(20-16(23)13(19)10-22)9-12-7-5-4-6-8-12/h4-8,11,13-15,22H,3,9-10,19H2,1-2H3,(H,20,23)(H,21,24)(H,25,26)/t11-,13-,14-,15-/m0/s1. The number of carboxylic acid groups (broad SMARTS) is 1. The van der Waals surface area contributed by atoms with Gasteiger partial charge in [0.2, 0.25) is 11.8 Å². The van der Waals surface area contributed by atoms with Gasteiger partial charge in [0.1, 0.15) is 18.1 Å². The molecule has 0 spiro atoms. The van der Waals surface area contributed by atoms with Crippen LogP contribution in [-0.4, -0.2) is 52.7 Å². The number of benzene rings is 1. The van der Waals surface area contributed by atoms with Gasteiger partial charge in [-0.1, -0.05) is 50.6 Å². The van der Waals surface area contributed by atoms with Gasteiger partial charge in [-0.25, -0.2) is 4.79 Å². The van der Waals surface area contributed by atoms with Gasteiger partial charge >= 0.3 is 5.97 Å². The van der Waals surface area contributed by atoms with Crippen LogP contribution < -0.4 is 16.4 Å². The third-order valence-corrected chi connectivity index (χ3v) is 4.23. The lowest BCUT2D eigenvalue weighted by molar-refractivity contribution is -0.143. The molecule has 0 aromatic heterocycles. The summed E-state index contributed by atoms with van der Waals surface area (Å²) in [5, 5.41) is 23.3. The number of carbonyl (C=O) groups is 3. The Balaban J connectivity index is 2.96. The molecule has 0 aliphatic heterocycles.